The molecule has 0 heterocycles. The topological polar surface area (TPSA) is 50.4 Å². The summed E-state index contributed by atoms with van der Waals surface area (Å²) in [6, 6.07) is 7.38. The van der Waals surface area contributed by atoms with Crippen molar-refractivity contribution in [2.45, 2.75) is 39.3 Å². The molecule has 18 heavy (non-hydrogen) atoms. The fourth-order valence-corrected chi connectivity index (χ4v) is 1.53. The van der Waals surface area contributed by atoms with Gasteiger partial charge in [0.1, 0.15) is 5.60 Å². The highest BCUT2D eigenvalue weighted by Gasteiger charge is 2.16. The normalized spacial score (nSPS) is 12.9. The smallest absolute Gasteiger partial charge is 0.422 e. The van der Waals surface area contributed by atoms with Crippen LogP contribution in [0.15, 0.2) is 24.3 Å². The molecule has 0 aliphatic carbocycles. The average molecular weight is 271 g/mol. The second-order valence-electron chi connectivity index (χ2n) is 5.05. The van der Waals surface area contributed by atoms with Gasteiger partial charge in [-0.2, -0.15) is 0 Å². The largest absolute Gasteiger partial charge is 0.443 e. The van der Waals surface area contributed by atoms with E-state index >= 15 is 0 Å². The predicted molar refractivity (Wildman–Crippen MR) is 72.4 cm³/mol. The van der Waals surface area contributed by atoms with Gasteiger partial charge in [-0.3, -0.25) is 5.43 Å². The standard InChI is InChI=1S/C13H19ClN2O2/c1-9(10-6-5-7-11(14)8-10)15-16-12(17)18-13(2,3)4/h5-9,15H,1-4H3,(H,16,17). The molecule has 100 valence electrons. The molecule has 0 bridgehead atoms. The zero-order chi connectivity index (χ0) is 13.8. The van der Waals surface area contributed by atoms with E-state index in [-0.39, 0.29) is 6.04 Å². The molecular formula is C13H19ClN2O2. The number of halogens is 1. The highest BCUT2D eigenvalue weighted by molar-refractivity contribution is 6.30. The number of hydrogen-bond donors (Lipinski definition) is 2. The first-order chi connectivity index (χ1) is 8.28. The molecule has 5 heteroatoms. The summed E-state index contributed by atoms with van der Waals surface area (Å²) in [7, 11) is 0. The van der Waals surface area contributed by atoms with Crippen LogP contribution in [0.3, 0.4) is 0 Å². The van der Waals surface area contributed by atoms with E-state index in [4.69, 9.17) is 16.3 Å². The highest BCUT2D eigenvalue weighted by Crippen LogP contribution is 2.16. The number of rotatable bonds is 3. The third-order valence-corrected chi connectivity index (χ3v) is 2.37. The van der Waals surface area contributed by atoms with E-state index in [1.54, 1.807) is 6.07 Å². The summed E-state index contributed by atoms with van der Waals surface area (Å²) in [6.45, 7) is 7.36. The molecule has 1 amide bonds. The van der Waals surface area contributed by atoms with Gasteiger partial charge in [0.2, 0.25) is 0 Å². The van der Waals surface area contributed by atoms with Gasteiger partial charge in [-0.15, -0.1) is 0 Å². The lowest BCUT2D eigenvalue weighted by molar-refractivity contribution is 0.0489. The lowest BCUT2D eigenvalue weighted by Gasteiger charge is -2.21. The maximum absolute atomic E-state index is 11.4. The minimum absolute atomic E-state index is 0.0591. The van der Waals surface area contributed by atoms with E-state index in [1.807, 2.05) is 45.9 Å². The minimum atomic E-state index is -0.509. The maximum Gasteiger partial charge on any atom is 0.422 e. The third kappa shape index (κ3) is 5.38. The third-order valence-electron chi connectivity index (χ3n) is 2.14. The lowest BCUT2D eigenvalue weighted by atomic mass is 10.1. The minimum Gasteiger partial charge on any atom is -0.443 e. The van der Waals surface area contributed by atoms with E-state index in [0.29, 0.717) is 5.02 Å². The number of carbonyl (C=O) groups excluding carboxylic acids is 1. The van der Waals surface area contributed by atoms with Gasteiger partial charge in [0.05, 0.1) is 0 Å². The summed E-state index contributed by atoms with van der Waals surface area (Å²) >= 11 is 5.90. The second-order valence-corrected chi connectivity index (χ2v) is 5.48. The Morgan fingerprint density at radius 3 is 2.61 bits per heavy atom. The van der Waals surface area contributed by atoms with Crippen LogP contribution in [0.4, 0.5) is 4.79 Å². The van der Waals surface area contributed by atoms with Gasteiger partial charge in [0, 0.05) is 11.1 Å². The Morgan fingerprint density at radius 1 is 1.39 bits per heavy atom. The molecule has 0 aliphatic heterocycles. The number of benzene rings is 1. The number of hydrogen-bond acceptors (Lipinski definition) is 3. The first-order valence-corrected chi connectivity index (χ1v) is 6.16. The van der Waals surface area contributed by atoms with Crippen molar-refractivity contribution in [2.75, 3.05) is 0 Å². The van der Waals surface area contributed by atoms with E-state index in [2.05, 4.69) is 10.9 Å². The quantitative estimate of drug-likeness (QED) is 0.828. The first kappa shape index (κ1) is 14.8. The number of carbonyl (C=O) groups is 1. The van der Waals surface area contributed by atoms with Crippen molar-refractivity contribution >= 4 is 17.7 Å². The highest BCUT2D eigenvalue weighted by atomic mass is 35.5. The Bertz CT molecular complexity index is 416. The van der Waals surface area contributed by atoms with Crippen molar-refractivity contribution < 1.29 is 9.53 Å². The Labute approximate surface area is 113 Å². The van der Waals surface area contributed by atoms with Crippen molar-refractivity contribution in [3.63, 3.8) is 0 Å². The molecule has 1 atom stereocenters. The van der Waals surface area contributed by atoms with Crippen molar-refractivity contribution in [1.29, 1.82) is 0 Å². The van der Waals surface area contributed by atoms with E-state index in [0.717, 1.165) is 5.56 Å². The molecular weight excluding hydrogens is 252 g/mol. The molecule has 0 aromatic heterocycles. The molecule has 1 rings (SSSR count). The van der Waals surface area contributed by atoms with Gasteiger partial charge in [0.15, 0.2) is 0 Å². The monoisotopic (exact) mass is 270 g/mol. The Morgan fingerprint density at radius 2 is 2.06 bits per heavy atom. The van der Waals surface area contributed by atoms with Crippen LogP contribution >= 0.6 is 11.6 Å². The van der Waals surface area contributed by atoms with Gasteiger partial charge in [0.25, 0.3) is 0 Å². The van der Waals surface area contributed by atoms with Crippen molar-refractivity contribution in [2.24, 2.45) is 0 Å². The Kier molecular flexibility index (Phi) is 4.99. The van der Waals surface area contributed by atoms with Crippen molar-refractivity contribution in [3.05, 3.63) is 34.9 Å². The van der Waals surface area contributed by atoms with E-state index in [9.17, 15) is 4.79 Å². The van der Waals surface area contributed by atoms with Crippen LogP contribution in [0.2, 0.25) is 5.02 Å². The second kappa shape index (κ2) is 6.07. The van der Waals surface area contributed by atoms with Crippen LogP contribution in [0.1, 0.15) is 39.3 Å². The fraction of sp³-hybridized carbons (Fsp3) is 0.462. The van der Waals surface area contributed by atoms with Crippen LogP contribution in [0.25, 0.3) is 0 Å². The first-order valence-electron chi connectivity index (χ1n) is 5.78. The summed E-state index contributed by atoms with van der Waals surface area (Å²) in [6.07, 6.45) is -0.503. The van der Waals surface area contributed by atoms with Gasteiger partial charge in [-0.1, -0.05) is 23.7 Å². The maximum atomic E-state index is 11.4. The summed E-state index contributed by atoms with van der Waals surface area (Å²) in [4.78, 5) is 11.4. The van der Waals surface area contributed by atoms with Crippen LogP contribution in [0.5, 0.6) is 0 Å². The van der Waals surface area contributed by atoms with E-state index < -0.39 is 11.7 Å². The summed E-state index contributed by atoms with van der Waals surface area (Å²) in [5, 5.41) is 0.665. The summed E-state index contributed by atoms with van der Waals surface area (Å²) in [5.41, 5.74) is 5.84. The molecule has 0 radical (unpaired) electrons. The molecule has 0 fully saturated rings. The summed E-state index contributed by atoms with van der Waals surface area (Å²) < 4.78 is 5.11. The molecule has 2 N–H and O–H groups in total. The molecule has 1 unspecified atom stereocenters. The SMILES string of the molecule is CC(NNC(=O)OC(C)(C)C)c1cccc(Cl)c1. The number of nitrogens with one attached hydrogen (secondary N) is 2. The predicted octanol–water partition coefficient (Wildman–Crippen LogP) is 3.43. The van der Waals surface area contributed by atoms with E-state index in [1.165, 1.54) is 0 Å². The molecule has 0 saturated heterocycles. The Hall–Kier alpha value is -1.26. The van der Waals surface area contributed by atoms with Crippen molar-refractivity contribution in [3.8, 4) is 0 Å². The van der Waals surface area contributed by atoms with Crippen molar-refractivity contribution in [1.82, 2.24) is 10.9 Å². The molecule has 1 aromatic rings. The van der Waals surface area contributed by atoms with Crippen LogP contribution < -0.4 is 10.9 Å². The van der Waals surface area contributed by atoms with Gasteiger partial charge < -0.3 is 4.74 Å². The van der Waals surface area contributed by atoms with Crippen LogP contribution in [-0.2, 0) is 4.74 Å². The molecule has 0 spiro atoms. The zero-order valence-electron chi connectivity index (χ0n) is 11.1. The lowest BCUT2D eigenvalue weighted by Crippen LogP contribution is -2.42. The van der Waals surface area contributed by atoms with Gasteiger partial charge >= 0.3 is 6.09 Å². The molecule has 0 saturated carbocycles. The number of amides is 1. The van der Waals surface area contributed by atoms with Gasteiger partial charge in [-0.05, 0) is 45.4 Å². The average Bonchev–Trinajstić information content (AvgIpc) is 2.23. The number of ether oxygens (including phenoxy) is 1. The molecule has 0 aliphatic rings. The van der Waals surface area contributed by atoms with Crippen LogP contribution in [-0.4, -0.2) is 11.7 Å². The fourth-order valence-electron chi connectivity index (χ4n) is 1.33. The number of hydrazine groups is 1. The molecule has 4 nitrogen and oxygen atoms in total. The molecule has 1 aromatic carbocycles. The summed E-state index contributed by atoms with van der Waals surface area (Å²) in [5.74, 6) is 0. The van der Waals surface area contributed by atoms with Gasteiger partial charge in [-0.25, -0.2) is 10.2 Å². The Balaban J connectivity index is 2.46. The van der Waals surface area contributed by atoms with Crippen LogP contribution in [0, 0.1) is 0 Å². The zero-order valence-corrected chi connectivity index (χ0v) is 11.8.